The lowest BCUT2D eigenvalue weighted by atomic mass is 10.1. The molecule has 1 fully saturated rings. The Hall–Kier alpha value is -1.60. The van der Waals surface area contributed by atoms with Crippen LogP contribution in [-0.2, 0) is 20.4 Å². The Morgan fingerprint density at radius 3 is 2.42 bits per heavy atom. The molecule has 1 heterocycles. The van der Waals surface area contributed by atoms with E-state index in [-0.39, 0.29) is 12.2 Å². The van der Waals surface area contributed by atoms with Crippen LogP contribution >= 0.6 is 0 Å². The van der Waals surface area contributed by atoms with Crippen molar-refractivity contribution in [2.24, 2.45) is 0 Å². The summed E-state index contributed by atoms with van der Waals surface area (Å²) in [4.78, 5) is 11.6. The molecule has 4 nitrogen and oxygen atoms in total. The van der Waals surface area contributed by atoms with Gasteiger partial charge in [-0.3, -0.25) is 0 Å². The number of esters is 1. The van der Waals surface area contributed by atoms with Gasteiger partial charge in [-0.25, -0.2) is 4.79 Å². The van der Waals surface area contributed by atoms with Crippen LogP contribution in [0.15, 0.2) is 24.3 Å². The number of carbonyl (C=O) groups is 1. The molecule has 104 valence electrons. The molecule has 0 amide bonds. The van der Waals surface area contributed by atoms with Gasteiger partial charge in [-0.2, -0.15) is 13.2 Å². The van der Waals surface area contributed by atoms with Crippen molar-refractivity contribution in [1.29, 1.82) is 0 Å². The number of carbonyl (C=O) groups excluding carboxylic acids is 1. The van der Waals surface area contributed by atoms with Gasteiger partial charge >= 0.3 is 12.1 Å². The van der Waals surface area contributed by atoms with Gasteiger partial charge in [0.1, 0.15) is 6.61 Å². The predicted molar refractivity (Wildman–Crippen MR) is 57.4 cm³/mol. The number of ether oxygens (including phenoxy) is 3. The average molecular weight is 276 g/mol. The van der Waals surface area contributed by atoms with E-state index in [1.165, 1.54) is 0 Å². The fraction of sp³-hybridized carbons (Fsp3) is 0.417. The van der Waals surface area contributed by atoms with E-state index >= 15 is 0 Å². The van der Waals surface area contributed by atoms with Crippen LogP contribution in [0.25, 0.3) is 0 Å². The number of benzene rings is 1. The largest absolute Gasteiger partial charge is 0.430 e. The fourth-order valence-corrected chi connectivity index (χ4v) is 1.52. The van der Waals surface area contributed by atoms with Gasteiger partial charge in [-0.15, -0.1) is 0 Å². The van der Waals surface area contributed by atoms with Crippen molar-refractivity contribution in [2.75, 3.05) is 19.8 Å². The van der Waals surface area contributed by atoms with Crippen molar-refractivity contribution < 1.29 is 32.2 Å². The van der Waals surface area contributed by atoms with Crippen LogP contribution in [0.2, 0.25) is 0 Å². The summed E-state index contributed by atoms with van der Waals surface area (Å²) in [5.41, 5.74) is -0.788. The summed E-state index contributed by atoms with van der Waals surface area (Å²) >= 11 is 0. The van der Waals surface area contributed by atoms with Crippen LogP contribution in [0.1, 0.15) is 15.9 Å². The molecule has 1 aliphatic heterocycles. The summed E-state index contributed by atoms with van der Waals surface area (Å²) in [5, 5.41) is 0. The maximum Gasteiger partial charge on any atom is 0.416 e. The zero-order chi connectivity index (χ0) is 13.9. The molecule has 0 radical (unpaired) electrons. The van der Waals surface area contributed by atoms with E-state index in [4.69, 9.17) is 14.2 Å². The second-order valence-electron chi connectivity index (χ2n) is 3.86. The molecule has 2 rings (SSSR count). The van der Waals surface area contributed by atoms with Crippen LogP contribution in [0.5, 0.6) is 0 Å². The first kappa shape index (κ1) is 13.8. The van der Waals surface area contributed by atoms with Crippen LogP contribution in [0, 0.1) is 0 Å². The minimum absolute atomic E-state index is 0.0298. The van der Waals surface area contributed by atoms with Gasteiger partial charge in [-0.05, 0) is 24.3 Å². The third-order valence-electron chi connectivity index (χ3n) is 2.47. The zero-order valence-corrected chi connectivity index (χ0v) is 9.77. The van der Waals surface area contributed by atoms with E-state index in [2.05, 4.69) is 0 Å². The second-order valence-corrected chi connectivity index (χ2v) is 3.86. The highest BCUT2D eigenvalue weighted by atomic mass is 19.4. The van der Waals surface area contributed by atoms with Crippen molar-refractivity contribution in [3.8, 4) is 0 Å². The lowest BCUT2D eigenvalue weighted by Crippen LogP contribution is -2.32. The first-order valence-corrected chi connectivity index (χ1v) is 5.54. The fourth-order valence-electron chi connectivity index (χ4n) is 1.52. The molecule has 0 N–H and O–H groups in total. The molecule has 1 unspecified atom stereocenters. The molecule has 1 aromatic carbocycles. The molecule has 1 atom stereocenters. The van der Waals surface area contributed by atoms with Gasteiger partial charge in [0.2, 0.25) is 6.29 Å². The molecule has 1 aliphatic rings. The molecular formula is C12H11F3O4. The Balaban J connectivity index is 1.99. The van der Waals surface area contributed by atoms with Gasteiger partial charge in [0, 0.05) is 0 Å². The van der Waals surface area contributed by atoms with Crippen molar-refractivity contribution >= 4 is 5.97 Å². The quantitative estimate of drug-likeness (QED) is 0.777. The summed E-state index contributed by atoms with van der Waals surface area (Å²) in [7, 11) is 0. The molecular weight excluding hydrogens is 265 g/mol. The van der Waals surface area contributed by atoms with Crippen molar-refractivity contribution in [3.63, 3.8) is 0 Å². The molecule has 0 bridgehead atoms. The third-order valence-corrected chi connectivity index (χ3v) is 2.47. The standard InChI is InChI=1S/C12H11F3O4/c13-12(14,15)9-3-1-8(2-4-9)11(16)19-10-7-17-5-6-18-10/h1-4,10H,5-7H2. The Kier molecular flexibility index (Phi) is 4.06. The summed E-state index contributed by atoms with van der Waals surface area (Å²) in [6, 6.07) is 3.79. The average Bonchev–Trinajstić information content (AvgIpc) is 2.39. The summed E-state index contributed by atoms with van der Waals surface area (Å²) in [6.07, 6.45) is -5.24. The molecule has 0 saturated carbocycles. The van der Waals surface area contributed by atoms with Gasteiger partial charge in [0.15, 0.2) is 0 Å². The third kappa shape index (κ3) is 3.68. The lowest BCUT2D eigenvalue weighted by molar-refractivity contribution is -0.186. The number of hydrogen-bond donors (Lipinski definition) is 0. The van der Waals surface area contributed by atoms with Gasteiger partial charge in [-0.1, -0.05) is 0 Å². The Bertz CT molecular complexity index is 435. The molecule has 0 spiro atoms. The highest BCUT2D eigenvalue weighted by molar-refractivity contribution is 5.89. The maximum absolute atomic E-state index is 12.3. The molecule has 7 heteroatoms. The Morgan fingerprint density at radius 2 is 1.89 bits per heavy atom. The zero-order valence-electron chi connectivity index (χ0n) is 9.77. The van der Waals surface area contributed by atoms with Crippen LogP contribution in [0.3, 0.4) is 0 Å². The summed E-state index contributed by atoms with van der Waals surface area (Å²) in [5.74, 6) is -0.746. The van der Waals surface area contributed by atoms with Crippen molar-refractivity contribution in [2.45, 2.75) is 12.5 Å². The monoisotopic (exact) mass is 276 g/mol. The second kappa shape index (κ2) is 5.58. The van der Waals surface area contributed by atoms with Crippen molar-refractivity contribution in [1.82, 2.24) is 0 Å². The highest BCUT2D eigenvalue weighted by Gasteiger charge is 2.30. The SMILES string of the molecule is O=C(OC1COCCO1)c1ccc(C(F)(F)F)cc1. The van der Waals surface area contributed by atoms with Gasteiger partial charge in [0.05, 0.1) is 24.3 Å². The first-order chi connectivity index (χ1) is 8.97. The Morgan fingerprint density at radius 1 is 1.21 bits per heavy atom. The van der Waals surface area contributed by atoms with Gasteiger partial charge in [0.25, 0.3) is 0 Å². The van der Waals surface area contributed by atoms with Crippen LogP contribution < -0.4 is 0 Å². The molecule has 1 aromatic rings. The lowest BCUT2D eigenvalue weighted by Gasteiger charge is -2.22. The number of alkyl halides is 3. The number of rotatable bonds is 2. The van der Waals surface area contributed by atoms with Crippen LogP contribution in [-0.4, -0.2) is 32.1 Å². The number of halogens is 3. The van der Waals surface area contributed by atoms with E-state index in [0.717, 1.165) is 24.3 Å². The molecule has 1 saturated heterocycles. The van der Waals surface area contributed by atoms with E-state index < -0.39 is 24.0 Å². The van der Waals surface area contributed by atoms with Crippen LogP contribution in [0.4, 0.5) is 13.2 Å². The smallest absolute Gasteiger partial charge is 0.416 e. The minimum Gasteiger partial charge on any atom is -0.430 e. The Labute approximate surface area is 107 Å². The maximum atomic E-state index is 12.3. The molecule has 0 aromatic heterocycles. The van der Waals surface area contributed by atoms with E-state index in [0.29, 0.717) is 13.2 Å². The summed E-state index contributed by atoms with van der Waals surface area (Å²) in [6.45, 7) is 0.853. The van der Waals surface area contributed by atoms with E-state index in [9.17, 15) is 18.0 Å². The molecule has 0 aliphatic carbocycles. The first-order valence-electron chi connectivity index (χ1n) is 5.54. The van der Waals surface area contributed by atoms with Crippen molar-refractivity contribution in [3.05, 3.63) is 35.4 Å². The predicted octanol–water partition coefficient (Wildman–Crippen LogP) is 2.24. The van der Waals surface area contributed by atoms with E-state index in [1.807, 2.05) is 0 Å². The highest BCUT2D eigenvalue weighted by Crippen LogP contribution is 2.29. The number of hydrogen-bond acceptors (Lipinski definition) is 4. The topological polar surface area (TPSA) is 44.8 Å². The molecule has 19 heavy (non-hydrogen) atoms. The van der Waals surface area contributed by atoms with Gasteiger partial charge < -0.3 is 14.2 Å². The normalized spacial score (nSPS) is 20.1. The minimum atomic E-state index is -4.43. The summed E-state index contributed by atoms with van der Waals surface area (Å²) < 4.78 is 52.1. The van der Waals surface area contributed by atoms with E-state index in [1.54, 1.807) is 0 Å².